The highest BCUT2D eigenvalue weighted by molar-refractivity contribution is 7.13. The number of nitrogens with two attached hydrogens (primary N) is 1. The summed E-state index contributed by atoms with van der Waals surface area (Å²) in [5.74, 6) is 1.18. The fourth-order valence-electron chi connectivity index (χ4n) is 5.28. The molecule has 0 atom stereocenters. The first-order valence-corrected chi connectivity index (χ1v) is 12.5. The normalized spacial score (nSPS) is 20.9. The molecule has 0 saturated heterocycles. The van der Waals surface area contributed by atoms with Crippen LogP contribution in [-0.2, 0) is 0 Å². The Morgan fingerprint density at radius 2 is 1.94 bits per heavy atom. The second-order valence-corrected chi connectivity index (χ2v) is 10.1. The third-order valence-electron chi connectivity index (χ3n) is 7.20. The third kappa shape index (κ3) is 3.61. The average Bonchev–Trinajstić information content (AvgIpc) is 3.57. The van der Waals surface area contributed by atoms with Gasteiger partial charge in [-0.05, 0) is 67.8 Å². The van der Waals surface area contributed by atoms with E-state index >= 15 is 0 Å². The SMILES string of the molecule is N=C1c2c[nH]cc2N(C2CCC(CN)CC2)CN1c1ccc2ccc(-c3cccs3)nc2c1. The monoisotopic (exact) mass is 456 g/mol. The second kappa shape index (κ2) is 8.32. The highest BCUT2D eigenvalue weighted by Gasteiger charge is 2.34. The van der Waals surface area contributed by atoms with Crippen molar-refractivity contribution < 1.29 is 0 Å². The van der Waals surface area contributed by atoms with Gasteiger partial charge in [-0.15, -0.1) is 11.3 Å². The van der Waals surface area contributed by atoms with Crippen molar-refractivity contribution in [1.82, 2.24) is 9.97 Å². The maximum Gasteiger partial charge on any atom is 0.137 e. The van der Waals surface area contributed by atoms with Crippen molar-refractivity contribution in [1.29, 1.82) is 5.41 Å². The molecule has 2 aliphatic rings. The minimum Gasteiger partial charge on any atom is -0.365 e. The number of pyridine rings is 1. The van der Waals surface area contributed by atoms with Crippen LogP contribution in [0.2, 0.25) is 0 Å². The molecular weight excluding hydrogens is 428 g/mol. The molecule has 7 heteroatoms. The van der Waals surface area contributed by atoms with E-state index in [1.54, 1.807) is 11.3 Å². The number of amidine groups is 1. The molecule has 4 aromatic rings. The van der Waals surface area contributed by atoms with Crippen molar-refractivity contribution in [2.75, 3.05) is 23.0 Å². The number of hydrogen-bond acceptors (Lipinski definition) is 5. The Morgan fingerprint density at radius 1 is 1.09 bits per heavy atom. The van der Waals surface area contributed by atoms with Crippen molar-refractivity contribution in [3.63, 3.8) is 0 Å². The lowest BCUT2D eigenvalue weighted by Crippen LogP contribution is -2.51. The summed E-state index contributed by atoms with van der Waals surface area (Å²) in [5.41, 5.74) is 11.0. The van der Waals surface area contributed by atoms with E-state index in [4.69, 9.17) is 16.1 Å². The molecule has 6 rings (SSSR count). The van der Waals surface area contributed by atoms with Crippen LogP contribution in [0.5, 0.6) is 0 Å². The average molecular weight is 457 g/mol. The zero-order valence-corrected chi connectivity index (χ0v) is 19.3. The predicted molar refractivity (Wildman–Crippen MR) is 137 cm³/mol. The van der Waals surface area contributed by atoms with E-state index in [1.807, 2.05) is 12.4 Å². The highest BCUT2D eigenvalue weighted by atomic mass is 32.1. The Bertz CT molecular complexity index is 1290. The molecule has 1 aliphatic heterocycles. The number of rotatable bonds is 4. The van der Waals surface area contributed by atoms with Crippen LogP contribution in [0.3, 0.4) is 0 Å². The van der Waals surface area contributed by atoms with Crippen molar-refractivity contribution >= 4 is 39.5 Å². The van der Waals surface area contributed by atoms with E-state index < -0.39 is 0 Å². The summed E-state index contributed by atoms with van der Waals surface area (Å²) in [5, 5.41) is 12.1. The number of aromatic nitrogens is 2. The van der Waals surface area contributed by atoms with E-state index in [0.29, 0.717) is 24.5 Å². The molecular formula is C26H28N6S. The van der Waals surface area contributed by atoms with Crippen LogP contribution in [0.25, 0.3) is 21.5 Å². The summed E-state index contributed by atoms with van der Waals surface area (Å²) in [4.78, 5) is 14.0. The molecule has 4 N–H and O–H groups in total. The van der Waals surface area contributed by atoms with Gasteiger partial charge in [0, 0.05) is 29.5 Å². The Labute approximate surface area is 197 Å². The van der Waals surface area contributed by atoms with Crippen LogP contribution >= 0.6 is 11.3 Å². The molecule has 0 unspecified atom stereocenters. The topological polar surface area (TPSA) is 85.0 Å². The van der Waals surface area contributed by atoms with Crippen LogP contribution in [0.15, 0.2) is 60.2 Å². The summed E-state index contributed by atoms with van der Waals surface area (Å²) in [6, 6.07) is 15.2. The second-order valence-electron chi connectivity index (χ2n) is 9.10. The Balaban J connectivity index is 1.34. The lowest BCUT2D eigenvalue weighted by molar-refractivity contribution is 0.321. The van der Waals surface area contributed by atoms with Crippen LogP contribution in [0.4, 0.5) is 11.4 Å². The molecule has 1 aromatic carbocycles. The molecule has 1 fully saturated rings. The number of anilines is 2. The van der Waals surface area contributed by atoms with Crippen LogP contribution < -0.4 is 15.5 Å². The molecule has 33 heavy (non-hydrogen) atoms. The van der Waals surface area contributed by atoms with Gasteiger partial charge in [0.05, 0.1) is 34.0 Å². The Kier molecular flexibility index (Phi) is 5.15. The largest absolute Gasteiger partial charge is 0.365 e. The van der Waals surface area contributed by atoms with E-state index in [-0.39, 0.29) is 0 Å². The maximum absolute atomic E-state index is 8.96. The molecule has 0 radical (unpaired) electrons. The van der Waals surface area contributed by atoms with Gasteiger partial charge in [-0.2, -0.15) is 0 Å². The van der Waals surface area contributed by atoms with Crippen LogP contribution in [0.1, 0.15) is 31.2 Å². The summed E-state index contributed by atoms with van der Waals surface area (Å²) in [6.45, 7) is 1.47. The van der Waals surface area contributed by atoms with E-state index in [2.05, 4.69) is 62.6 Å². The molecule has 1 aliphatic carbocycles. The fourth-order valence-corrected chi connectivity index (χ4v) is 5.97. The van der Waals surface area contributed by atoms with Gasteiger partial charge >= 0.3 is 0 Å². The first-order chi connectivity index (χ1) is 16.2. The molecule has 0 amide bonds. The van der Waals surface area contributed by atoms with Gasteiger partial charge in [-0.25, -0.2) is 4.98 Å². The third-order valence-corrected chi connectivity index (χ3v) is 8.10. The van der Waals surface area contributed by atoms with Gasteiger partial charge in [0.15, 0.2) is 0 Å². The molecule has 1 saturated carbocycles. The summed E-state index contributed by atoms with van der Waals surface area (Å²) in [7, 11) is 0. The van der Waals surface area contributed by atoms with E-state index in [9.17, 15) is 0 Å². The number of nitrogens with zero attached hydrogens (tertiary/aromatic N) is 3. The molecule has 0 bridgehead atoms. The predicted octanol–water partition coefficient (Wildman–Crippen LogP) is 5.42. The molecule has 4 heterocycles. The zero-order valence-electron chi connectivity index (χ0n) is 18.5. The molecule has 0 spiro atoms. The summed E-state index contributed by atoms with van der Waals surface area (Å²) in [6.07, 6.45) is 8.66. The zero-order chi connectivity index (χ0) is 22.4. The maximum atomic E-state index is 8.96. The Morgan fingerprint density at radius 3 is 2.73 bits per heavy atom. The number of nitrogens with one attached hydrogen (secondary N) is 2. The Hall–Kier alpha value is -3.16. The first kappa shape index (κ1) is 20.4. The molecule has 168 valence electrons. The number of benzene rings is 1. The van der Waals surface area contributed by atoms with E-state index in [1.165, 1.54) is 17.7 Å². The summed E-state index contributed by atoms with van der Waals surface area (Å²) >= 11 is 1.70. The lowest BCUT2D eigenvalue weighted by Gasteiger charge is -2.44. The van der Waals surface area contributed by atoms with Gasteiger partial charge in [0.25, 0.3) is 0 Å². The number of aromatic amines is 1. The molecule has 6 nitrogen and oxygen atoms in total. The fraction of sp³-hybridized carbons (Fsp3) is 0.308. The van der Waals surface area contributed by atoms with Gasteiger partial charge < -0.3 is 20.5 Å². The van der Waals surface area contributed by atoms with Gasteiger partial charge in [-0.3, -0.25) is 5.41 Å². The van der Waals surface area contributed by atoms with Crippen molar-refractivity contribution in [3.8, 4) is 10.6 Å². The van der Waals surface area contributed by atoms with Crippen molar-refractivity contribution in [2.45, 2.75) is 31.7 Å². The van der Waals surface area contributed by atoms with Gasteiger partial charge in [-0.1, -0.05) is 18.2 Å². The van der Waals surface area contributed by atoms with Crippen molar-refractivity contribution in [2.24, 2.45) is 11.7 Å². The molecule has 3 aromatic heterocycles. The number of fused-ring (bicyclic) bond motifs is 2. The minimum atomic E-state index is 0.474. The van der Waals surface area contributed by atoms with E-state index in [0.717, 1.165) is 52.9 Å². The van der Waals surface area contributed by atoms with Gasteiger partial charge in [0.1, 0.15) is 5.84 Å². The summed E-state index contributed by atoms with van der Waals surface area (Å²) < 4.78 is 0. The van der Waals surface area contributed by atoms with Gasteiger partial charge in [0.2, 0.25) is 0 Å². The van der Waals surface area contributed by atoms with Crippen LogP contribution in [0, 0.1) is 11.3 Å². The quantitative estimate of drug-likeness (QED) is 0.383. The minimum absolute atomic E-state index is 0.474. The van der Waals surface area contributed by atoms with Crippen LogP contribution in [-0.4, -0.2) is 35.1 Å². The smallest absolute Gasteiger partial charge is 0.137 e. The number of hydrogen-bond donors (Lipinski definition) is 3. The standard InChI is InChI=1S/C26H28N6S/c27-13-17-3-7-19(8-4-17)31-16-32(26(28)21-14-29-15-24(21)31)20-9-5-18-6-10-22(30-23(18)12-20)25-2-1-11-33-25/h1-2,5-6,9-12,14-15,17,19,28-29H,3-4,7-8,13,16,27H2. The highest BCUT2D eigenvalue weighted by Crippen LogP contribution is 2.37. The first-order valence-electron chi connectivity index (χ1n) is 11.7. The number of thiophene rings is 1. The lowest BCUT2D eigenvalue weighted by atomic mass is 9.85. The number of H-pyrrole nitrogens is 1. The van der Waals surface area contributed by atoms with Crippen molar-refractivity contribution in [3.05, 3.63) is 65.8 Å².